The summed E-state index contributed by atoms with van der Waals surface area (Å²) in [4.78, 5) is 16.4. The zero-order valence-corrected chi connectivity index (χ0v) is 20.0. The highest BCUT2D eigenvalue weighted by atomic mass is 16.5. The number of unbranched alkanes of at least 4 members (excludes halogenated alkanes) is 9. The Morgan fingerprint density at radius 2 is 1.70 bits per heavy atom. The summed E-state index contributed by atoms with van der Waals surface area (Å²) in [7, 11) is 0. The predicted molar refractivity (Wildman–Crippen MR) is 132 cm³/mol. The molecule has 0 saturated carbocycles. The lowest BCUT2D eigenvalue weighted by Crippen LogP contribution is -2.43. The van der Waals surface area contributed by atoms with Crippen molar-refractivity contribution < 1.29 is 14.1 Å². The molecule has 0 atom stereocenters. The lowest BCUT2D eigenvalue weighted by molar-refractivity contribution is -0.675. The lowest BCUT2D eigenvalue weighted by atomic mass is 10.1. The van der Waals surface area contributed by atoms with E-state index in [2.05, 4.69) is 33.9 Å². The van der Waals surface area contributed by atoms with Gasteiger partial charge >= 0.3 is 0 Å². The van der Waals surface area contributed by atoms with Crippen molar-refractivity contribution in [3.63, 3.8) is 0 Å². The molecule has 0 saturated heterocycles. The fourth-order valence-corrected chi connectivity index (χ4v) is 4.08. The first-order valence-corrected chi connectivity index (χ1v) is 12.5. The zero-order valence-electron chi connectivity index (χ0n) is 20.0. The number of carbonyl (C=O) groups is 1. The zero-order chi connectivity index (χ0) is 23.1. The van der Waals surface area contributed by atoms with Crippen molar-refractivity contribution in [3.05, 3.63) is 60.7 Å². The summed E-state index contributed by atoms with van der Waals surface area (Å²) in [6.07, 6.45) is 18.5. The first-order valence-electron chi connectivity index (χ1n) is 12.5. The molecule has 0 fully saturated rings. The van der Waals surface area contributed by atoms with Gasteiger partial charge in [0, 0.05) is 12.4 Å². The molecule has 0 unspecified atom stereocenters. The van der Waals surface area contributed by atoms with Gasteiger partial charge in [0.05, 0.1) is 12.2 Å². The molecule has 6 nitrogen and oxygen atoms in total. The maximum Gasteiger partial charge on any atom is 0.255 e. The van der Waals surface area contributed by atoms with Crippen LogP contribution in [0.3, 0.4) is 0 Å². The van der Waals surface area contributed by atoms with Crippen LogP contribution in [-0.2, 0) is 18.1 Å². The lowest BCUT2D eigenvalue weighted by Gasteiger charge is -2.04. The van der Waals surface area contributed by atoms with Crippen molar-refractivity contribution in [2.24, 2.45) is 0 Å². The summed E-state index contributed by atoms with van der Waals surface area (Å²) in [5.74, 6) is -0.135. The minimum absolute atomic E-state index is 0.135. The van der Waals surface area contributed by atoms with Crippen LogP contribution in [0.25, 0.3) is 11.0 Å². The Balaban J connectivity index is 1.38. The van der Waals surface area contributed by atoms with Gasteiger partial charge in [0.25, 0.3) is 5.91 Å². The van der Waals surface area contributed by atoms with E-state index < -0.39 is 0 Å². The number of pyridine rings is 1. The average molecular weight is 452 g/mol. The number of ether oxygens (including phenoxy) is 1. The van der Waals surface area contributed by atoms with Crippen LogP contribution in [0.15, 0.2) is 55.1 Å². The minimum atomic E-state index is -0.135. The largest absolute Gasteiger partial charge is 0.342 e. The molecule has 6 heteroatoms. The van der Waals surface area contributed by atoms with Gasteiger partial charge in [0.1, 0.15) is 0 Å². The van der Waals surface area contributed by atoms with Crippen LogP contribution in [0, 0.1) is 0 Å². The number of hydrogen-bond donors (Lipinski definition) is 1. The quantitative estimate of drug-likeness (QED) is 0.228. The Morgan fingerprint density at radius 1 is 0.970 bits per heavy atom. The third kappa shape index (κ3) is 8.28. The number of benzene rings is 1. The Hall–Kier alpha value is -2.73. The topological polar surface area (TPSA) is 60.0 Å². The van der Waals surface area contributed by atoms with E-state index in [0.717, 1.165) is 24.1 Å². The molecule has 33 heavy (non-hydrogen) atoms. The van der Waals surface area contributed by atoms with Crippen LogP contribution in [0.2, 0.25) is 0 Å². The predicted octanol–water partition coefficient (Wildman–Crippen LogP) is 5.61. The normalized spacial score (nSPS) is 11.2. The highest BCUT2D eigenvalue weighted by molar-refractivity contribution is 5.93. The molecule has 3 rings (SSSR count). The maximum absolute atomic E-state index is 12.4. The van der Waals surface area contributed by atoms with Crippen molar-refractivity contribution in [2.75, 3.05) is 6.61 Å². The summed E-state index contributed by atoms with van der Waals surface area (Å²) in [5, 5.41) is 2.97. The fraction of sp³-hybridized carbons (Fsp3) is 0.519. The van der Waals surface area contributed by atoms with Crippen LogP contribution < -0.4 is 9.88 Å². The number of carbonyl (C=O) groups excluding carboxylic acids is 1. The number of nitrogens with zero attached hydrogens (tertiary/aromatic N) is 3. The Kier molecular flexibility index (Phi) is 10.9. The maximum atomic E-state index is 12.4. The molecule has 0 radical (unpaired) electrons. The van der Waals surface area contributed by atoms with Gasteiger partial charge in [-0.15, -0.1) is 0 Å². The summed E-state index contributed by atoms with van der Waals surface area (Å²) in [5.41, 5.74) is 2.71. The molecule has 0 aliphatic carbocycles. The fourth-order valence-electron chi connectivity index (χ4n) is 4.08. The monoisotopic (exact) mass is 451 g/mol. The SMILES string of the molecule is CCCCCCCCCCCCOCn1c[n+](CNC(=O)c2cccnc2)c2ccccc21. The summed E-state index contributed by atoms with van der Waals surface area (Å²) >= 11 is 0. The van der Waals surface area contributed by atoms with E-state index in [4.69, 9.17) is 4.74 Å². The standard InChI is InChI=1S/C27H38N4O2/c1-2-3-4-5-6-7-8-9-10-13-19-33-23-31-22-30(25-16-11-12-17-26(25)31)21-29-27(32)24-15-14-18-28-20-24/h11-12,14-18,20,22H,2-10,13,19,21,23H2,1H3/p+1. The average Bonchev–Trinajstić information content (AvgIpc) is 3.21. The third-order valence-corrected chi connectivity index (χ3v) is 5.99. The molecule has 1 amide bonds. The number of nitrogens with one attached hydrogen (secondary N) is 1. The van der Waals surface area contributed by atoms with Gasteiger partial charge in [0.15, 0.2) is 24.4 Å². The molecule has 2 aromatic heterocycles. The number of rotatable bonds is 16. The number of amides is 1. The van der Waals surface area contributed by atoms with Gasteiger partial charge in [0.2, 0.25) is 6.33 Å². The molecule has 1 aromatic carbocycles. The van der Waals surface area contributed by atoms with Crippen LogP contribution in [0.1, 0.15) is 81.5 Å². The summed E-state index contributed by atoms with van der Waals surface area (Å²) in [6, 6.07) is 11.7. The number of imidazole rings is 1. The van der Waals surface area contributed by atoms with E-state index in [1.54, 1.807) is 24.5 Å². The second kappa shape index (κ2) is 14.4. The van der Waals surface area contributed by atoms with Crippen LogP contribution >= 0.6 is 0 Å². The Bertz CT molecular complexity index is 955. The molecule has 1 N–H and O–H groups in total. The van der Waals surface area contributed by atoms with Gasteiger partial charge in [-0.3, -0.25) is 9.78 Å². The molecule has 0 aliphatic rings. The van der Waals surface area contributed by atoms with Crippen molar-refractivity contribution in [1.29, 1.82) is 0 Å². The molecule has 3 aromatic rings. The van der Waals surface area contributed by atoms with E-state index in [1.165, 1.54) is 57.8 Å². The first-order chi connectivity index (χ1) is 16.3. The Labute approximate surface area is 198 Å². The number of aromatic nitrogens is 3. The van der Waals surface area contributed by atoms with E-state index in [9.17, 15) is 4.79 Å². The highest BCUT2D eigenvalue weighted by Crippen LogP contribution is 2.12. The van der Waals surface area contributed by atoms with E-state index in [1.807, 2.05) is 23.0 Å². The van der Waals surface area contributed by atoms with Crippen LogP contribution in [-0.4, -0.2) is 22.1 Å². The first kappa shape index (κ1) is 24.9. The molecule has 0 bridgehead atoms. The summed E-state index contributed by atoms with van der Waals surface area (Å²) in [6.45, 7) is 3.95. The van der Waals surface area contributed by atoms with E-state index in [0.29, 0.717) is 19.0 Å². The van der Waals surface area contributed by atoms with Gasteiger partial charge in [-0.1, -0.05) is 76.8 Å². The molecular formula is C27H39N4O2+. The van der Waals surface area contributed by atoms with E-state index >= 15 is 0 Å². The molecular weight excluding hydrogens is 412 g/mol. The Morgan fingerprint density at radius 3 is 2.42 bits per heavy atom. The van der Waals surface area contributed by atoms with Crippen molar-refractivity contribution in [2.45, 2.75) is 84.5 Å². The van der Waals surface area contributed by atoms with E-state index in [-0.39, 0.29) is 5.91 Å². The van der Waals surface area contributed by atoms with Gasteiger partial charge in [-0.25, -0.2) is 9.13 Å². The number of para-hydroxylation sites is 2. The van der Waals surface area contributed by atoms with Gasteiger partial charge < -0.3 is 10.1 Å². The number of fused-ring (bicyclic) bond motifs is 1. The summed E-state index contributed by atoms with van der Waals surface area (Å²) < 4.78 is 10.1. The van der Waals surface area contributed by atoms with Crippen LogP contribution in [0.5, 0.6) is 0 Å². The third-order valence-electron chi connectivity index (χ3n) is 5.99. The minimum Gasteiger partial charge on any atom is -0.342 e. The second-order valence-corrected chi connectivity index (χ2v) is 8.67. The molecule has 0 aliphatic heterocycles. The highest BCUT2D eigenvalue weighted by Gasteiger charge is 2.16. The smallest absolute Gasteiger partial charge is 0.255 e. The molecule has 0 spiro atoms. The van der Waals surface area contributed by atoms with Gasteiger partial charge in [-0.05, 0) is 30.7 Å². The van der Waals surface area contributed by atoms with Crippen molar-refractivity contribution in [3.8, 4) is 0 Å². The van der Waals surface area contributed by atoms with Crippen molar-refractivity contribution >= 4 is 16.9 Å². The molecule has 2 heterocycles. The van der Waals surface area contributed by atoms with Gasteiger partial charge in [-0.2, -0.15) is 0 Å². The number of hydrogen-bond acceptors (Lipinski definition) is 3. The second-order valence-electron chi connectivity index (χ2n) is 8.67. The van der Waals surface area contributed by atoms with Crippen molar-refractivity contribution in [1.82, 2.24) is 14.9 Å². The van der Waals surface area contributed by atoms with Crippen LogP contribution in [0.4, 0.5) is 0 Å². The molecule has 178 valence electrons.